The highest BCUT2D eigenvalue weighted by Crippen LogP contribution is 2.39. The number of nitriles is 1. The Bertz CT molecular complexity index is 1480. The zero-order chi connectivity index (χ0) is 26.4. The molecule has 0 aromatic heterocycles. The van der Waals surface area contributed by atoms with Crippen molar-refractivity contribution in [1.82, 2.24) is 0 Å². The van der Waals surface area contributed by atoms with Crippen LogP contribution in [0.15, 0.2) is 52.4 Å². The SMILES string of the molecule is C[C@]1(CS(=O)(=O)c2ccc(F)cc2)N=C(SS(C)(=O)=O)N(c2ccc(C#N)c(C(F)(F)F)c2)C1=O. The number of sulfone groups is 1. The number of halogens is 4. The van der Waals surface area contributed by atoms with Crippen LogP contribution in [-0.4, -0.2) is 45.5 Å². The van der Waals surface area contributed by atoms with Crippen LogP contribution in [0.4, 0.5) is 23.2 Å². The summed E-state index contributed by atoms with van der Waals surface area (Å²) in [4.78, 5) is 17.6. The van der Waals surface area contributed by atoms with Crippen LogP contribution in [0, 0.1) is 17.1 Å². The molecule has 1 aliphatic heterocycles. The largest absolute Gasteiger partial charge is 0.417 e. The summed E-state index contributed by atoms with van der Waals surface area (Å²) in [5, 5.41) is 8.44. The van der Waals surface area contributed by atoms with Crippen molar-refractivity contribution in [3.63, 3.8) is 0 Å². The van der Waals surface area contributed by atoms with Crippen LogP contribution < -0.4 is 4.90 Å². The number of hydrogen-bond acceptors (Lipinski definition) is 8. The monoisotopic (exact) mass is 549 g/mol. The van der Waals surface area contributed by atoms with Gasteiger partial charge in [0.1, 0.15) is 5.82 Å². The maximum atomic E-state index is 13.5. The number of hydrogen-bond donors (Lipinski definition) is 0. The molecule has 0 saturated heterocycles. The van der Waals surface area contributed by atoms with E-state index in [4.69, 9.17) is 5.26 Å². The van der Waals surface area contributed by atoms with Gasteiger partial charge in [-0.2, -0.15) is 18.4 Å². The predicted molar refractivity (Wildman–Crippen MR) is 120 cm³/mol. The Morgan fingerprint density at radius 3 is 2.23 bits per heavy atom. The molecule has 2 aromatic carbocycles. The Hall–Kier alpha value is -2.96. The van der Waals surface area contributed by atoms with Gasteiger partial charge >= 0.3 is 6.18 Å². The first-order chi connectivity index (χ1) is 16.0. The van der Waals surface area contributed by atoms with E-state index in [0.717, 1.165) is 49.6 Å². The van der Waals surface area contributed by atoms with Gasteiger partial charge in [-0.1, -0.05) is 0 Å². The molecule has 1 amide bonds. The first kappa shape index (κ1) is 26.6. The zero-order valence-corrected chi connectivity index (χ0v) is 20.3. The second kappa shape index (κ2) is 8.92. The Balaban J connectivity index is 2.12. The second-order valence-corrected chi connectivity index (χ2v) is 13.9. The van der Waals surface area contributed by atoms with E-state index < -0.39 is 69.9 Å². The van der Waals surface area contributed by atoms with Crippen LogP contribution >= 0.6 is 10.8 Å². The van der Waals surface area contributed by atoms with E-state index in [1.54, 1.807) is 0 Å². The molecule has 3 rings (SSSR count). The number of anilines is 1. The van der Waals surface area contributed by atoms with Crippen LogP contribution in [0.1, 0.15) is 18.1 Å². The van der Waals surface area contributed by atoms with Gasteiger partial charge in [0, 0.05) is 17.0 Å². The topological polar surface area (TPSA) is 125 Å². The number of amides is 1. The molecular weight excluding hydrogens is 534 g/mol. The van der Waals surface area contributed by atoms with E-state index in [1.165, 1.54) is 6.07 Å². The second-order valence-electron chi connectivity index (χ2n) is 7.65. The first-order valence-electron chi connectivity index (χ1n) is 9.40. The first-order valence-corrected chi connectivity index (χ1v) is 14.3. The molecular formula is C20H15F4N3O5S3. The number of amidine groups is 1. The van der Waals surface area contributed by atoms with Crippen LogP contribution in [0.25, 0.3) is 0 Å². The molecule has 0 fully saturated rings. The molecule has 0 aliphatic carbocycles. The fourth-order valence-corrected chi connectivity index (χ4v) is 6.81. The highest BCUT2D eigenvalue weighted by molar-refractivity contribution is 8.77. The summed E-state index contributed by atoms with van der Waals surface area (Å²) in [5.74, 6) is -2.78. The van der Waals surface area contributed by atoms with Gasteiger partial charge in [-0.05, 0) is 49.4 Å². The minimum atomic E-state index is -4.97. The Morgan fingerprint density at radius 1 is 1.11 bits per heavy atom. The van der Waals surface area contributed by atoms with Crippen LogP contribution in [0.2, 0.25) is 0 Å². The number of rotatable bonds is 5. The van der Waals surface area contributed by atoms with Crippen molar-refractivity contribution < 1.29 is 39.2 Å². The smallest absolute Gasteiger partial charge is 0.271 e. The van der Waals surface area contributed by atoms with E-state index in [0.29, 0.717) is 11.0 Å². The molecule has 35 heavy (non-hydrogen) atoms. The van der Waals surface area contributed by atoms with Crippen molar-refractivity contribution in [2.24, 2.45) is 4.99 Å². The molecule has 8 nitrogen and oxygen atoms in total. The number of carbonyl (C=O) groups excluding carboxylic acids is 1. The van der Waals surface area contributed by atoms with Crippen LogP contribution in [0.3, 0.4) is 0 Å². The summed E-state index contributed by atoms with van der Waals surface area (Å²) in [6.45, 7) is 1.09. The molecule has 15 heteroatoms. The third kappa shape index (κ3) is 5.65. The van der Waals surface area contributed by atoms with E-state index in [2.05, 4.69) is 4.99 Å². The van der Waals surface area contributed by atoms with Crippen LogP contribution in [0.5, 0.6) is 0 Å². The Kier molecular flexibility index (Phi) is 6.79. The molecule has 186 valence electrons. The minimum absolute atomic E-state index is 0.0571. The highest BCUT2D eigenvalue weighted by atomic mass is 33.1. The number of alkyl halides is 3. The summed E-state index contributed by atoms with van der Waals surface area (Å²) >= 11 is 0. The van der Waals surface area contributed by atoms with E-state index >= 15 is 0 Å². The summed E-state index contributed by atoms with van der Waals surface area (Å²) in [6, 6.07) is 7.39. The zero-order valence-electron chi connectivity index (χ0n) is 17.9. The Morgan fingerprint density at radius 2 is 1.71 bits per heavy atom. The molecule has 0 spiro atoms. The van der Waals surface area contributed by atoms with Gasteiger partial charge in [0.05, 0.1) is 33.5 Å². The summed E-state index contributed by atoms with van der Waals surface area (Å²) in [6.07, 6.45) is -4.20. The average Bonchev–Trinajstić information content (AvgIpc) is 2.94. The average molecular weight is 550 g/mol. The number of aliphatic imine (C=N–C) groups is 1. The molecule has 0 saturated carbocycles. The van der Waals surface area contributed by atoms with Crippen molar-refractivity contribution in [3.8, 4) is 6.07 Å². The lowest BCUT2D eigenvalue weighted by Gasteiger charge is -2.23. The van der Waals surface area contributed by atoms with Crippen molar-refractivity contribution in [3.05, 3.63) is 59.4 Å². The van der Waals surface area contributed by atoms with Gasteiger partial charge in [0.2, 0.25) is 8.87 Å². The minimum Gasteiger partial charge on any atom is -0.271 e. The summed E-state index contributed by atoms with van der Waals surface area (Å²) in [7, 11) is -8.16. The maximum Gasteiger partial charge on any atom is 0.417 e. The van der Waals surface area contributed by atoms with Gasteiger partial charge < -0.3 is 0 Å². The molecule has 1 aliphatic rings. The third-order valence-corrected chi connectivity index (χ3v) is 8.77. The lowest BCUT2D eigenvalue weighted by molar-refractivity contribution is -0.137. The number of carbonyl (C=O) groups is 1. The van der Waals surface area contributed by atoms with Crippen molar-refractivity contribution in [2.75, 3.05) is 16.9 Å². The van der Waals surface area contributed by atoms with Gasteiger partial charge in [0.25, 0.3) is 5.91 Å². The summed E-state index contributed by atoms with van der Waals surface area (Å²) in [5.41, 5.74) is -4.68. The molecule has 1 atom stereocenters. The van der Waals surface area contributed by atoms with Gasteiger partial charge in [-0.3, -0.25) is 9.69 Å². The molecule has 0 bridgehead atoms. The van der Waals surface area contributed by atoms with Gasteiger partial charge in [-0.15, -0.1) is 0 Å². The van der Waals surface area contributed by atoms with E-state index in [9.17, 15) is 39.2 Å². The van der Waals surface area contributed by atoms with Crippen molar-refractivity contribution >= 4 is 46.3 Å². The quantitative estimate of drug-likeness (QED) is 0.318. The van der Waals surface area contributed by atoms with Crippen molar-refractivity contribution in [2.45, 2.75) is 23.5 Å². The van der Waals surface area contributed by atoms with Gasteiger partial charge in [0.15, 0.2) is 20.5 Å². The maximum absolute atomic E-state index is 13.5. The van der Waals surface area contributed by atoms with Crippen LogP contribution in [-0.2, 0) is 29.7 Å². The molecule has 0 unspecified atom stereocenters. The fourth-order valence-electron chi connectivity index (χ4n) is 3.25. The summed E-state index contributed by atoms with van der Waals surface area (Å²) < 4.78 is 103. The number of benzene rings is 2. The molecule has 0 N–H and O–H groups in total. The normalized spacial score (nSPS) is 18.9. The van der Waals surface area contributed by atoms with Gasteiger partial charge in [-0.25, -0.2) is 26.2 Å². The third-order valence-electron chi connectivity index (χ3n) is 4.75. The molecule has 2 aromatic rings. The lowest BCUT2D eigenvalue weighted by atomic mass is 10.0. The van der Waals surface area contributed by atoms with Crippen molar-refractivity contribution in [1.29, 1.82) is 5.26 Å². The number of nitrogens with zero attached hydrogens (tertiary/aromatic N) is 3. The molecule has 1 heterocycles. The highest BCUT2D eigenvalue weighted by Gasteiger charge is 2.50. The standard InChI is InChI=1S/C20H15F4N3O5S3/c1-19(11-35(31,32)15-7-4-13(21)5-8-15)17(28)27(18(26-19)33-34(2,29)30)14-6-3-12(10-25)16(9-14)20(22,23)24/h3-9H,11H2,1-2H3/t19-/m1/s1. The van der Waals surface area contributed by atoms with E-state index in [-0.39, 0.29) is 15.7 Å². The Labute approximate surface area is 201 Å². The van der Waals surface area contributed by atoms with E-state index in [1.807, 2.05) is 0 Å². The fraction of sp³-hybridized carbons (Fsp3) is 0.250. The lowest BCUT2D eigenvalue weighted by Crippen LogP contribution is -2.45. The molecule has 0 radical (unpaired) electrons. The predicted octanol–water partition coefficient (Wildman–Crippen LogP) is 3.34.